The molecule has 0 bridgehead atoms. The van der Waals surface area contributed by atoms with Crippen molar-refractivity contribution < 1.29 is 20.1 Å². The van der Waals surface area contributed by atoms with Gasteiger partial charge in [-0.15, -0.1) is 0 Å². The van der Waals surface area contributed by atoms with Crippen LogP contribution in [0.4, 0.5) is 0 Å². The van der Waals surface area contributed by atoms with Crippen molar-refractivity contribution in [2.75, 3.05) is 13.2 Å². The van der Waals surface area contributed by atoms with Gasteiger partial charge in [-0.1, -0.05) is 0 Å². The van der Waals surface area contributed by atoms with Gasteiger partial charge in [0.05, 0.1) is 12.7 Å². The zero-order valence-corrected chi connectivity index (χ0v) is 6.05. The molecule has 0 amide bonds. The third-order valence-electron chi connectivity index (χ3n) is 1.87. The molecule has 11 heavy (non-hydrogen) atoms. The molecule has 0 radical (unpaired) electrons. The van der Waals surface area contributed by atoms with Gasteiger partial charge in [-0.3, -0.25) is 0 Å². The van der Waals surface area contributed by atoms with Crippen molar-refractivity contribution in [3.8, 4) is 0 Å². The molecule has 1 rings (SSSR count). The molecule has 66 valence electrons. The minimum Gasteiger partial charge on any atom is -0.394 e. The van der Waals surface area contributed by atoms with Gasteiger partial charge in [0, 0.05) is 6.54 Å². The molecule has 0 aromatic carbocycles. The van der Waals surface area contributed by atoms with Gasteiger partial charge in [0.2, 0.25) is 0 Å². The molecule has 1 aliphatic heterocycles. The van der Waals surface area contributed by atoms with Gasteiger partial charge < -0.3 is 25.8 Å². The molecule has 1 aliphatic rings. The summed E-state index contributed by atoms with van der Waals surface area (Å²) in [4.78, 5) is 0. The first-order chi connectivity index (χ1) is 5.20. The van der Waals surface area contributed by atoms with Crippen LogP contribution in [0.5, 0.6) is 0 Å². The van der Waals surface area contributed by atoms with E-state index >= 15 is 0 Å². The van der Waals surface area contributed by atoms with E-state index in [4.69, 9.17) is 20.7 Å². The van der Waals surface area contributed by atoms with E-state index in [1.54, 1.807) is 0 Å². The van der Waals surface area contributed by atoms with Crippen molar-refractivity contribution in [3.63, 3.8) is 0 Å². The number of nitrogens with two attached hydrogens (primary N) is 1. The van der Waals surface area contributed by atoms with Crippen LogP contribution in [0.3, 0.4) is 0 Å². The number of rotatable bonds is 2. The minimum absolute atomic E-state index is 0.148. The predicted octanol–water partition coefficient (Wildman–Crippen LogP) is -2.57. The van der Waals surface area contributed by atoms with Gasteiger partial charge in [-0.25, -0.2) is 0 Å². The number of aliphatic hydroxyl groups excluding tert-OH is 3. The van der Waals surface area contributed by atoms with E-state index in [0.717, 1.165) is 0 Å². The fraction of sp³-hybridized carbons (Fsp3) is 1.00. The lowest BCUT2D eigenvalue weighted by Gasteiger charge is -2.11. The third-order valence-corrected chi connectivity index (χ3v) is 1.87. The second-order valence-corrected chi connectivity index (χ2v) is 2.61. The van der Waals surface area contributed by atoms with Gasteiger partial charge in [-0.05, 0) is 0 Å². The highest BCUT2D eigenvalue weighted by Gasteiger charge is 2.41. The molecule has 1 heterocycles. The molecular formula is C6H13NO4. The maximum Gasteiger partial charge on any atom is 0.111 e. The Labute approximate surface area is 64.4 Å². The molecule has 5 N–H and O–H groups in total. The van der Waals surface area contributed by atoms with Crippen LogP contribution < -0.4 is 5.73 Å². The highest BCUT2D eigenvalue weighted by molar-refractivity contribution is 4.90. The Kier molecular flexibility index (Phi) is 2.80. The average Bonchev–Trinajstić information content (AvgIpc) is 2.30. The first kappa shape index (κ1) is 8.89. The Balaban J connectivity index is 2.53. The SMILES string of the molecule is NC[C@H]1O[C@H](CO)[C@@H](O)[C@H]1O. The van der Waals surface area contributed by atoms with E-state index < -0.39 is 24.4 Å². The molecule has 0 aliphatic carbocycles. The number of hydrogen-bond donors (Lipinski definition) is 4. The molecule has 1 saturated heterocycles. The second kappa shape index (κ2) is 3.46. The molecule has 1 fully saturated rings. The molecular weight excluding hydrogens is 150 g/mol. The summed E-state index contributed by atoms with van der Waals surface area (Å²) < 4.78 is 5.01. The summed E-state index contributed by atoms with van der Waals surface area (Å²) in [7, 11) is 0. The topological polar surface area (TPSA) is 95.9 Å². The van der Waals surface area contributed by atoms with Gasteiger partial charge in [0.25, 0.3) is 0 Å². The van der Waals surface area contributed by atoms with Crippen LogP contribution >= 0.6 is 0 Å². The van der Waals surface area contributed by atoms with E-state index in [1.165, 1.54) is 0 Å². The van der Waals surface area contributed by atoms with Crippen LogP contribution in [-0.2, 0) is 4.74 Å². The third kappa shape index (κ3) is 1.52. The summed E-state index contributed by atoms with van der Waals surface area (Å²) in [6.45, 7) is -0.149. The van der Waals surface area contributed by atoms with E-state index in [-0.39, 0.29) is 13.2 Å². The molecule has 0 saturated carbocycles. The number of aliphatic hydroxyl groups is 3. The van der Waals surface area contributed by atoms with Crippen LogP contribution in [0.1, 0.15) is 0 Å². The molecule has 0 spiro atoms. The summed E-state index contributed by atoms with van der Waals surface area (Å²) >= 11 is 0. The minimum atomic E-state index is -1.02. The van der Waals surface area contributed by atoms with Gasteiger partial charge in [-0.2, -0.15) is 0 Å². The quantitative estimate of drug-likeness (QED) is 0.359. The Bertz CT molecular complexity index is 114. The Morgan fingerprint density at radius 1 is 1.18 bits per heavy atom. The van der Waals surface area contributed by atoms with Crippen molar-refractivity contribution in [2.45, 2.75) is 24.4 Å². The zero-order valence-electron chi connectivity index (χ0n) is 6.05. The first-order valence-corrected chi connectivity index (χ1v) is 3.53. The van der Waals surface area contributed by atoms with Crippen LogP contribution in [-0.4, -0.2) is 52.9 Å². The van der Waals surface area contributed by atoms with Gasteiger partial charge in [0.15, 0.2) is 0 Å². The standard InChI is InChI=1S/C6H13NO4/c7-1-3-5(9)6(10)4(2-8)11-3/h3-6,8-10H,1-2,7H2/t3-,4-,5+,6-/m1/s1. The molecule has 5 nitrogen and oxygen atoms in total. The smallest absolute Gasteiger partial charge is 0.111 e. The van der Waals surface area contributed by atoms with E-state index in [2.05, 4.69) is 0 Å². The normalized spacial score (nSPS) is 44.7. The lowest BCUT2D eigenvalue weighted by molar-refractivity contribution is -0.0193. The van der Waals surface area contributed by atoms with E-state index in [1.807, 2.05) is 0 Å². The van der Waals surface area contributed by atoms with Crippen molar-refractivity contribution >= 4 is 0 Å². The Hall–Kier alpha value is -0.200. The van der Waals surface area contributed by atoms with Crippen LogP contribution in [0.15, 0.2) is 0 Å². The molecule has 0 aromatic heterocycles. The lowest BCUT2D eigenvalue weighted by atomic mass is 10.1. The Morgan fingerprint density at radius 3 is 2.00 bits per heavy atom. The van der Waals surface area contributed by atoms with Crippen molar-refractivity contribution in [1.29, 1.82) is 0 Å². The van der Waals surface area contributed by atoms with E-state index in [0.29, 0.717) is 0 Å². The molecule has 5 heteroatoms. The van der Waals surface area contributed by atoms with Crippen LogP contribution in [0, 0.1) is 0 Å². The number of hydrogen-bond acceptors (Lipinski definition) is 5. The maximum absolute atomic E-state index is 9.19. The van der Waals surface area contributed by atoms with E-state index in [9.17, 15) is 5.11 Å². The second-order valence-electron chi connectivity index (χ2n) is 2.61. The largest absolute Gasteiger partial charge is 0.394 e. The van der Waals surface area contributed by atoms with Gasteiger partial charge >= 0.3 is 0 Å². The highest BCUT2D eigenvalue weighted by atomic mass is 16.6. The van der Waals surface area contributed by atoms with Crippen molar-refractivity contribution in [1.82, 2.24) is 0 Å². The monoisotopic (exact) mass is 163 g/mol. The molecule has 0 aromatic rings. The fourth-order valence-electron chi connectivity index (χ4n) is 1.17. The van der Waals surface area contributed by atoms with Crippen molar-refractivity contribution in [2.24, 2.45) is 5.73 Å². The molecule has 0 unspecified atom stereocenters. The Morgan fingerprint density at radius 2 is 1.73 bits per heavy atom. The maximum atomic E-state index is 9.19. The zero-order chi connectivity index (χ0) is 8.43. The first-order valence-electron chi connectivity index (χ1n) is 3.53. The van der Waals surface area contributed by atoms with Crippen LogP contribution in [0.2, 0.25) is 0 Å². The molecule has 4 atom stereocenters. The summed E-state index contributed by atoms with van der Waals surface area (Å²) in [6, 6.07) is 0. The summed E-state index contributed by atoms with van der Waals surface area (Å²) in [5.74, 6) is 0. The summed E-state index contributed by atoms with van der Waals surface area (Å²) in [5.41, 5.74) is 5.23. The van der Waals surface area contributed by atoms with Crippen LogP contribution in [0.25, 0.3) is 0 Å². The average molecular weight is 163 g/mol. The van der Waals surface area contributed by atoms with Crippen molar-refractivity contribution in [3.05, 3.63) is 0 Å². The summed E-state index contributed by atoms with van der Waals surface area (Å²) in [6.07, 6.45) is -3.24. The predicted molar refractivity (Wildman–Crippen MR) is 36.8 cm³/mol. The summed E-state index contributed by atoms with van der Waals surface area (Å²) in [5, 5.41) is 27.0. The lowest BCUT2D eigenvalue weighted by Crippen LogP contribution is -2.36. The van der Waals surface area contributed by atoms with Gasteiger partial charge in [0.1, 0.15) is 18.3 Å². The fourth-order valence-corrected chi connectivity index (χ4v) is 1.17. The number of ether oxygens (including phenoxy) is 1. The highest BCUT2D eigenvalue weighted by Crippen LogP contribution is 2.19.